The van der Waals surface area contributed by atoms with Crippen LogP contribution in [0.15, 0.2) is 59.1 Å². The number of nitrogens with zero attached hydrogens (tertiary/aromatic N) is 2. The second kappa shape index (κ2) is 7.94. The molecule has 1 fully saturated rings. The van der Waals surface area contributed by atoms with Gasteiger partial charge in [0.25, 0.3) is 5.91 Å². The molecule has 2 N–H and O–H groups in total. The first kappa shape index (κ1) is 17.8. The van der Waals surface area contributed by atoms with Gasteiger partial charge in [0.05, 0.1) is 30.3 Å². The van der Waals surface area contributed by atoms with E-state index in [4.69, 9.17) is 4.74 Å². The average Bonchev–Trinajstić information content (AvgIpc) is 3.20. The molecule has 0 atom stereocenters. The van der Waals surface area contributed by atoms with E-state index in [2.05, 4.69) is 36.3 Å². The SMILES string of the molecule is O=C(Nc1ccccc1N1CCOCC1)c1cc(-c2ccc(Br)cc2)n[nH]1. The molecular weight excluding hydrogens is 408 g/mol. The lowest BCUT2D eigenvalue weighted by molar-refractivity contribution is 0.102. The number of rotatable bonds is 4. The van der Waals surface area contributed by atoms with Gasteiger partial charge in [-0.1, -0.05) is 40.2 Å². The molecule has 4 rings (SSSR count). The third-order valence-electron chi connectivity index (χ3n) is 4.47. The number of carbonyl (C=O) groups excluding carboxylic acids is 1. The van der Waals surface area contributed by atoms with Crippen molar-refractivity contribution in [2.75, 3.05) is 36.5 Å². The maximum Gasteiger partial charge on any atom is 0.273 e. The van der Waals surface area contributed by atoms with Crippen LogP contribution in [-0.4, -0.2) is 42.4 Å². The van der Waals surface area contributed by atoms with Crippen LogP contribution in [0.25, 0.3) is 11.3 Å². The third kappa shape index (κ3) is 4.04. The fraction of sp³-hybridized carbons (Fsp3) is 0.200. The van der Waals surface area contributed by atoms with Crippen molar-refractivity contribution in [3.8, 4) is 11.3 Å². The van der Waals surface area contributed by atoms with E-state index in [0.717, 1.165) is 40.2 Å². The summed E-state index contributed by atoms with van der Waals surface area (Å²) in [7, 11) is 0. The molecule has 0 saturated carbocycles. The van der Waals surface area contributed by atoms with E-state index in [-0.39, 0.29) is 5.91 Å². The highest BCUT2D eigenvalue weighted by Crippen LogP contribution is 2.27. The Hall–Kier alpha value is -2.64. The molecule has 1 amide bonds. The minimum atomic E-state index is -0.216. The fourth-order valence-electron chi connectivity index (χ4n) is 3.06. The summed E-state index contributed by atoms with van der Waals surface area (Å²) in [6.45, 7) is 3.01. The summed E-state index contributed by atoms with van der Waals surface area (Å²) in [6.07, 6.45) is 0. The van der Waals surface area contributed by atoms with Crippen molar-refractivity contribution in [2.24, 2.45) is 0 Å². The van der Waals surface area contributed by atoms with Gasteiger partial charge in [0.1, 0.15) is 5.69 Å². The molecule has 27 heavy (non-hydrogen) atoms. The lowest BCUT2D eigenvalue weighted by Crippen LogP contribution is -2.36. The van der Waals surface area contributed by atoms with Gasteiger partial charge >= 0.3 is 0 Å². The highest BCUT2D eigenvalue weighted by molar-refractivity contribution is 9.10. The molecule has 1 saturated heterocycles. The number of nitrogens with one attached hydrogen (secondary N) is 2. The first-order chi connectivity index (χ1) is 13.2. The standard InChI is InChI=1S/C20H19BrN4O2/c21-15-7-5-14(6-8-15)17-13-18(24-23-17)20(26)22-16-3-1-2-4-19(16)25-9-11-27-12-10-25/h1-8,13H,9-12H2,(H,22,26)(H,23,24). The number of aromatic nitrogens is 2. The van der Waals surface area contributed by atoms with Crippen LogP contribution in [0.3, 0.4) is 0 Å². The Morgan fingerprint density at radius 3 is 2.63 bits per heavy atom. The zero-order valence-electron chi connectivity index (χ0n) is 14.6. The van der Waals surface area contributed by atoms with Crippen molar-refractivity contribution in [1.29, 1.82) is 0 Å². The predicted molar refractivity (Wildman–Crippen MR) is 109 cm³/mol. The Morgan fingerprint density at radius 1 is 1.11 bits per heavy atom. The number of hydrogen-bond acceptors (Lipinski definition) is 4. The maximum atomic E-state index is 12.7. The van der Waals surface area contributed by atoms with Gasteiger partial charge in [0, 0.05) is 23.1 Å². The summed E-state index contributed by atoms with van der Waals surface area (Å²) in [4.78, 5) is 14.9. The van der Waals surface area contributed by atoms with Gasteiger partial charge in [-0.2, -0.15) is 5.10 Å². The zero-order chi connectivity index (χ0) is 18.6. The number of hydrogen-bond donors (Lipinski definition) is 2. The van der Waals surface area contributed by atoms with Crippen LogP contribution in [0.2, 0.25) is 0 Å². The molecule has 3 aromatic rings. The Bertz CT molecular complexity index is 933. The zero-order valence-corrected chi connectivity index (χ0v) is 16.2. The Labute approximate surface area is 165 Å². The van der Waals surface area contributed by atoms with Gasteiger partial charge < -0.3 is 15.0 Å². The minimum absolute atomic E-state index is 0.216. The molecule has 7 heteroatoms. The summed E-state index contributed by atoms with van der Waals surface area (Å²) < 4.78 is 6.42. The van der Waals surface area contributed by atoms with Gasteiger partial charge in [-0.25, -0.2) is 0 Å². The van der Waals surface area contributed by atoms with Crippen LogP contribution in [0, 0.1) is 0 Å². The molecule has 0 spiro atoms. The topological polar surface area (TPSA) is 70.2 Å². The van der Waals surface area contributed by atoms with E-state index in [1.165, 1.54) is 0 Å². The monoisotopic (exact) mass is 426 g/mol. The van der Waals surface area contributed by atoms with E-state index >= 15 is 0 Å². The predicted octanol–water partition coefficient (Wildman–Crippen LogP) is 3.93. The number of para-hydroxylation sites is 2. The van der Waals surface area contributed by atoms with Gasteiger partial charge in [-0.05, 0) is 30.3 Å². The Kier molecular flexibility index (Phi) is 5.22. The van der Waals surface area contributed by atoms with Crippen molar-refractivity contribution in [2.45, 2.75) is 0 Å². The maximum absolute atomic E-state index is 12.7. The number of benzene rings is 2. The lowest BCUT2D eigenvalue weighted by Gasteiger charge is -2.30. The van der Waals surface area contributed by atoms with Crippen molar-refractivity contribution < 1.29 is 9.53 Å². The first-order valence-corrected chi connectivity index (χ1v) is 9.54. The highest BCUT2D eigenvalue weighted by atomic mass is 79.9. The number of carbonyl (C=O) groups is 1. The number of H-pyrrole nitrogens is 1. The second-order valence-corrected chi connectivity index (χ2v) is 7.16. The number of anilines is 2. The second-order valence-electron chi connectivity index (χ2n) is 6.24. The number of ether oxygens (including phenoxy) is 1. The van der Waals surface area contributed by atoms with E-state index < -0.39 is 0 Å². The largest absolute Gasteiger partial charge is 0.378 e. The van der Waals surface area contributed by atoms with Gasteiger partial charge in [0.2, 0.25) is 0 Å². The average molecular weight is 427 g/mol. The van der Waals surface area contributed by atoms with Crippen LogP contribution in [0.1, 0.15) is 10.5 Å². The smallest absolute Gasteiger partial charge is 0.273 e. The third-order valence-corrected chi connectivity index (χ3v) is 5.00. The summed E-state index contributed by atoms with van der Waals surface area (Å²) in [5.41, 5.74) is 3.88. The lowest BCUT2D eigenvalue weighted by atomic mass is 10.1. The van der Waals surface area contributed by atoms with Crippen molar-refractivity contribution in [3.63, 3.8) is 0 Å². The fourth-order valence-corrected chi connectivity index (χ4v) is 3.32. The summed E-state index contributed by atoms with van der Waals surface area (Å²) in [6, 6.07) is 17.4. The molecule has 0 radical (unpaired) electrons. The molecule has 2 aromatic carbocycles. The van der Waals surface area contributed by atoms with E-state index in [1.807, 2.05) is 48.5 Å². The van der Waals surface area contributed by atoms with E-state index in [1.54, 1.807) is 6.07 Å². The molecule has 6 nitrogen and oxygen atoms in total. The summed E-state index contributed by atoms with van der Waals surface area (Å²) in [5.74, 6) is -0.216. The first-order valence-electron chi connectivity index (χ1n) is 8.75. The number of halogens is 1. The molecule has 1 aliphatic rings. The van der Waals surface area contributed by atoms with Gasteiger partial charge in [-0.3, -0.25) is 9.89 Å². The highest BCUT2D eigenvalue weighted by Gasteiger charge is 2.17. The van der Waals surface area contributed by atoms with E-state index in [0.29, 0.717) is 18.9 Å². The van der Waals surface area contributed by atoms with Crippen LogP contribution in [0.5, 0.6) is 0 Å². The van der Waals surface area contributed by atoms with Crippen LogP contribution >= 0.6 is 15.9 Å². The van der Waals surface area contributed by atoms with Crippen LogP contribution in [-0.2, 0) is 4.74 Å². The van der Waals surface area contributed by atoms with Crippen molar-refractivity contribution in [1.82, 2.24) is 10.2 Å². The van der Waals surface area contributed by atoms with Gasteiger partial charge in [0.15, 0.2) is 0 Å². The number of morpholine rings is 1. The molecular formula is C20H19BrN4O2. The minimum Gasteiger partial charge on any atom is -0.378 e. The quantitative estimate of drug-likeness (QED) is 0.662. The van der Waals surface area contributed by atoms with Crippen LogP contribution in [0.4, 0.5) is 11.4 Å². The summed E-state index contributed by atoms with van der Waals surface area (Å²) in [5, 5.41) is 10.1. The van der Waals surface area contributed by atoms with Crippen LogP contribution < -0.4 is 10.2 Å². The molecule has 138 valence electrons. The Balaban J connectivity index is 1.52. The molecule has 2 heterocycles. The number of amides is 1. The summed E-state index contributed by atoms with van der Waals surface area (Å²) >= 11 is 3.42. The van der Waals surface area contributed by atoms with Crippen molar-refractivity contribution >= 4 is 33.2 Å². The van der Waals surface area contributed by atoms with E-state index in [9.17, 15) is 4.79 Å². The molecule has 1 aromatic heterocycles. The van der Waals surface area contributed by atoms with Gasteiger partial charge in [-0.15, -0.1) is 0 Å². The normalized spacial score (nSPS) is 14.2. The Morgan fingerprint density at radius 2 is 1.85 bits per heavy atom. The molecule has 1 aliphatic heterocycles. The molecule has 0 aliphatic carbocycles. The molecule has 0 unspecified atom stereocenters. The molecule has 0 bridgehead atoms. The number of aromatic amines is 1. The van der Waals surface area contributed by atoms with Crippen molar-refractivity contribution in [3.05, 3.63) is 64.8 Å².